The molecule has 0 aliphatic carbocycles. The Bertz CT molecular complexity index is 1160. The van der Waals surface area contributed by atoms with E-state index in [2.05, 4.69) is 0 Å². The summed E-state index contributed by atoms with van der Waals surface area (Å²) in [4.78, 5) is 0. The molecule has 0 N–H and O–H groups in total. The van der Waals surface area contributed by atoms with Crippen LogP contribution in [0.4, 0.5) is 31.7 Å². The van der Waals surface area contributed by atoms with Crippen LogP contribution in [-0.4, -0.2) is 39.4 Å². The molecule has 0 atom stereocenters. The maximum absolute atomic E-state index is 18.1. The summed E-state index contributed by atoms with van der Waals surface area (Å²) in [6.45, 7) is 9.48. The van der Waals surface area contributed by atoms with Gasteiger partial charge in [0.05, 0.1) is 0 Å². The summed E-state index contributed by atoms with van der Waals surface area (Å²) < 4.78 is 91.2. The molecule has 0 spiro atoms. The molecule has 0 radical (unpaired) electrons. The molecule has 35 heavy (non-hydrogen) atoms. The van der Waals surface area contributed by atoms with Crippen LogP contribution in [0.25, 0.3) is 0 Å². The van der Waals surface area contributed by atoms with Gasteiger partial charge in [-0.1, -0.05) is 0 Å². The van der Waals surface area contributed by atoms with Crippen LogP contribution in [0.2, 0.25) is 0 Å². The number of nitrogens with zero attached hydrogens (tertiary/aromatic N) is 3. The van der Waals surface area contributed by atoms with Crippen molar-refractivity contribution in [2.45, 2.75) is 58.8 Å². The summed E-state index contributed by atoms with van der Waals surface area (Å²) in [5.41, 5.74) is -4.74. The summed E-state index contributed by atoms with van der Waals surface area (Å²) in [6.07, 6.45) is -8.67. The van der Waals surface area contributed by atoms with E-state index in [0.29, 0.717) is 5.56 Å². The van der Waals surface area contributed by atoms with Crippen molar-refractivity contribution in [3.8, 4) is 0 Å². The van der Waals surface area contributed by atoms with Crippen LogP contribution in [0.15, 0.2) is 72.4 Å². The fourth-order valence-electron chi connectivity index (χ4n) is 4.71. The van der Waals surface area contributed by atoms with Gasteiger partial charge in [0, 0.05) is 0 Å². The van der Waals surface area contributed by atoms with E-state index in [9.17, 15) is 22.0 Å². The Kier molecular flexibility index (Phi) is 6.43. The van der Waals surface area contributed by atoms with Crippen molar-refractivity contribution in [1.82, 2.24) is 4.57 Å². The number of allylic oxidation sites excluding steroid dienone is 1. The van der Waals surface area contributed by atoms with Crippen molar-refractivity contribution in [3.05, 3.63) is 78.0 Å². The van der Waals surface area contributed by atoms with Crippen LogP contribution < -0.4 is 4.57 Å². The van der Waals surface area contributed by atoms with Crippen molar-refractivity contribution in [2.75, 3.05) is 4.57 Å². The number of benzene rings is 2. The van der Waals surface area contributed by atoms with Crippen LogP contribution >= 0.6 is 11.1 Å². The second kappa shape index (κ2) is 8.30. The fourth-order valence-corrected chi connectivity index (χ4v) is 12.3. The van der Waals surface area contributed by atoms with Gasteiger partial charge in [-0.05, 0) is 0 Å². The molecule has 11 heteroatoms. The Labute approximate surface area is 206 Å². The van der Waals surface area contributed by atoms with E-state index in [1.165, 1.54) is 18.2 Å². The molecular formula is C24H28ClF6N3Si. The Balaban J connectivity index is 2.58. The SMILES string of the molecule is CC(C)(C)N1C(c2ccccc2)=[N+](C(C)(C)C)[Si-]1(F)(Cl)N(C(=C(F)F)C(F)(F)F)c1ccccc1. The van der Waals surface area contributed by atoms with Gasteiger partial charge in [-0.3, -0.25) is 0 Å². The molecular weight excluding hydrogens is 508 g/mol. The first-order chi connectivity index (χ1) is 15.8. The number of halogens is 7. The van der Waals surface area contributed by atoms with E-state index in [4.69, 9.17) is 11.1 Å². The van der Waals surface area contributed by atoms with Crippen LogP contribution in [0, 0.1) is 0 Å². The van der Waals surface area contributed by atoms with E-state index in [1.807, 2.05) is 0 Å². The van der Waals surface area contributed by atoms with E-state index >= 15 is 4.11 Å². The first kappa shape index (κ1) is 27.1. The zero-order valence-electron chi connectivity index (χ0n) is 20.3. The molecule has 0 amide bonds. The van der Waals surface area contributed by atoms with Crippen molar-refractivity contribution >= 4 is 30.1 Å². The molecule has 1 heterocycles. The van der Waals surface area contributed by atoms with Gasteiger partial charge in [0.15, 0.2) is 0 Å². The second-order valence-corrected chi connectivity index (χ2v) is 15.4. The average Bonchev–Trinajstić information content (AvgIpc) is 2.68. The monoisotopic (exact) mass is 535 g/mol. The number of rotatable bonds is 4. The molecule has 2 aromatic rings. The molecule has 0 unspecified atom stereocenters. The van der Waals surface area contributed by atoms with Gasteiger partial charge in [-0.25, -0.2) is 0 Å². The molecule has 0 aromatic heterocycles. The summed E-state index contributed by atoms with van der Waals surface area (Å²) in [7, 11) is -6.58. The van der Waals surface area contributed by atoms with Gasteiger partial charge in [-0.15, -0.1) is 0 Å². The van der Waals surface area contributed by atoms with Gasteiger partial charge in [0.2, 0.25) is 0 Å². The van der Waals surface area contributed by atoms with Crippen LogP contribution in [-0.2, 0) is 0 Å². The standard InChI is InChI=1S/C24H28ClF6N3Si/c1-22(2,3)33-21(17-13-9-7-10-14-17)34(23(4,5)6)35(33,25,31)32(18-15-11-8-12-16-18)19(20(26)27)24(28,29)30/h7-16H,1-6H3. The van der Waals surface area contributed by atoms with E-state index in [0.717, 1.165) is 20.9 Å². The third-order valence-electron chi connectivity index (χ3n) is 5.59. The predicted molar refractivity (Wildman–Crippen MR) is 129 cm³/mol. The first-order valence-electron chi connectivity index (χ1n) is 10.9. The predicted octanol–water partition coefficient (Wildman–Crippen LogP) is 7.63. The first-order valence-corrected chi connectivity index (χ1v) is 14.1. The number of amidine groups is 1. The number of para-hydroxylation sites is 1. The molecule has 0 fully saturated rings. The van der Waals surface area contributed by atoms with Crippen LogP contribution in [0.3, 0.4) is 0 Å². The Morgan fingerprint density at radius 1 is 0.857 bits per heavy atom. The minimum absolute atomic E-state index is 0.000170. The van der Waals surface area contributed by atoms with Crippen molar-refractivity contribution in [2.24, 2.45) is 0 Å². The van der Waals surface area contributed by atoms with Crippen LogP contribution in [0.5, 0.6) is 0 Å². The van der Waals surface area contributed by atoms with Gasteiger partial charge >= 0.3 is 206 Å². The zero-order chi connectivity index (χ0) is 26.6. The van der Waals surface area contributed by atoms with Crippen LogP contribution in [0.1, 0.15) is 47.1 Å². The topological polar surface area (TPSA) is 9.49 Å². The quantitative estimate of drug-likeness (QED) is 0.226. The molecule has 0 saturated carbocycles. The molecule has 1 aliphatic rings. The number of hydrogen-bond donors (Lipinski definition) is 0. The molecule has 3 rings (SSSR count). The molecule has 3 nitrogen and oxygen atoms in total. The molecule has 0 saturated heterocycles. The fraction of sp³-hybridized carbons (Fsp3) is 0.375. The number of alkyl halides is 3. The Morgan fingerprint density at radius 3 is 1.69 bits per heavy atom. The number of hydrogen-bond acceptors (Lipinski definition) is 2. The minimum atomic E-state index is -6.58. The average molecular weight is 536 g/mol. The van der Waals surface area contributed by atoms with Gasteiger partial charge in [-0.2, -0.15) is 0 Å². The molecule has 192 valence electrons. The van der Waals surface area contributed by atoms with E-state index in [1.54, 1.807) is 71.9 Å². The van der Waals surface area contributed by atoms with Crippen molar-refractivity contribution in [1.29, 1.82) is 0 Å². The molecule has 0 bridgehead atoms. The third kappa shape index (κ3) is 4.35. The summed E-state index contributed by atoms with van der Waals surface area (Å²) in [6, 6.07) is 14.9. The summed E-state index contributed by atoms with van der Waals surface area (Å²) in [5.74, 6) is 0.221. The van der Waals surface area contributed by atoms with Crippen molar-refractivity contribution < 1.29 is 30.3 Å². The third-order valence-corrected chi connectivity index (χ3v) is 11.6. The second-order valence-electron chi connectivity index (χ2n) is 10.4. The Hall–Kier alpha value is -2.46. The Morgan fingerprint density at radius 2 is 1.31 bits per heavy atom. The molecule has 2 aromatic carbocycles. The molecule has 1 aliphatic heterocycles. The summed E-state index contributed by atoms with van der Waals surface area (Å²) in [5, 5.41) is 0. The normalized spacial score (nSPS) is 18.9. The maximum atomic E-state index is 18.1. The van der Waals surface area contributed by atoms with Crippen molar-refractivity contribution in [3.63, 3.8) is 0 Å². The van der Waals surface area contributed by atoms with Gasteiger partial charge in [0.25, 0.3) is 0 Å². The number of anilines is 1. The van der Waals surface area contributed by atoms with E-state index in [-0.39, 0.29) is 10.4 Å². The zero-order valence-corrected chi connectivity index (χ0v) is 22.0. The van der Waals surface area contributed by atoms with Gasteiger partial charge < -0.3 is 0 Å². The summed E-state index contributed by atoms with van der Waals surface area (Å²) >= 11 is 6.93. The van der Waals surface area contributed by atoms with E-state index < -0.39 is 42.2 Å². The van der Waals surface area contributed by atoms with Gasteiger partial charge in [0.1, 0.15) is 0 Å².